The van der Waals surface area contributed by atoms with Crippen LogP contribution in [0.4, 0.5) is 0 Å². The number of hydrogen-bond donors (Lipinski definition) is 0. The van der Waals surface area contributed by atoms with Gasteiger partial charge in [0.2, 0.25) is 0 Å². The van der Waals surface area contributed by atoms with Gasteiger partial charge in [-0.3, -0.25) is 4.79 Å². The van der Waals surface area contributed by atoms with Gasteiger partial charge in [0, 0.05) is 21.1 Å². The maximum absolute atomic E-state index is 11.3. The average molecular weight is 153 g/mol. The zero-order chi connectivity index (χ0) is 8.43. The number of amides is 1. The van der Waals surface area contributed by atoms with Crippen LogP contribution in [0.3, 0.4) is 0 Å². The zero-order valence-electron chi connectivity index (χ0n) is 6.90. The molecule has 0 aliphatic carbocycles. The lowest BCUT2D eigenvalue weighted by molar-refractivity contribution is 0.0818. The van der Waals surface area contributed by atoms with Gasteiger partial charge in [0.05, 0.1) is 12.5 Å². The van der Waals surface area contributed by atoms with Crippen molar-refractivity contribution in [1.29, 1.82) is 0 Å². The highest BCUT2D eigenvalue weighted by Crippen LogP contribution is 1.98. The van der Waals surface area contributed by atoms with Gasteiger partial charge in [-0.2, -0.15) is 0 Å². The lowest BCUT2D eigenvalue weighted by Crippen LogP contribution is -2.23. The summed E-state index contributed by atoms with van der Waals surface area (Å²) >= 11 is 0. The van der Waals surface area contributed by atoms with E-state index in [4.69, 9.17) is 0 Å². The van der Waals surface area contributed by atoms with E-state index < -0.39 is 0 Å². The van der Waals surface area contributed by atoms with Crippen LogP contribution in [-0.4, -0.2) is 34.5 Å². The number of nitrogens with zero attached hydrogens (tertiary/aromatic N) is 3. The van der Waals surface area contributed by atoms with Gasteiger partial charge in [-0.25, -0.2) is 4.98 Å². The van der Waals surface area contributed by atoms with Crippen LogP contribution in [0.1, 0.15) is 10.5 Å². The fraction of sp³-hybridized carbons (Fsp3) is 0.429. The van der Waals surface area contributed by atoms with E-state index in [2.05, 4.69) is 4.98 Å². The largest absolute Gasteiger partial charge is 0.343 e. The van der Waals surface area contributed by atoms with Crippen LogP contribution in [0.2, 0.25) is 0 Å². The lowest BCUT2D eigenvalue weighted by atomic mass is 10.4. The topological polar surface area (TPSA) is 38.1 Å². The molecule has 0 bridgehead atoms. The van der Waals surface area contributed by atoms with Gasteiger partial charge in [-0.1, -0.05) is 0 Å². The van der Waals surface area contributed by atoms with E-state index in [0.29, 0.717) is 5.69 Å². The Morgan fingerprint density at radius 1 is 1.64 bits per heavy atom. The maximum atomic E-state index is 11.3. The molecular formula is C7H11N3O. The van der Waals surface area contributed by atoms with Crippen molar-refractivity contribution in [3.63, 3.8) is 0 Å². The lowest BCUT2D eigenvalue weighted by Gasteiger charge is -2.09. The standard InChI is InChI=1S/C7H11N3O/c1-9(2)7(11)6-4-8-5-10(6)3/h4-5H,1-3H3. The van der Waals surface area contributed by atoms with Crippen molar-refractivity contribution in [3.05, 3.63) is 18.2 Å². The number of hydrogen-bond acceptors (Lipinski definition) is 2. The third kappa shape index (κ3) is 1.39. The summed E-state index contributed by atoms with van der Waals surface area (Å²) < 4.78 is 1.70. The summed E-state index contributed by atoms with van der Waals surface area (Å²) in [6, 6.07) is 0. The second-order valence-corrected chi connectivity index (χ2v) is 2.59. The third-order valence-electron chi connectivity index (χ3n) is 1.44. The fourth-order valence-corrected chi connectivity index (χ4v) is 0.792. The summed E-state index contributed by atoms with van der Waals surface area (Å²) in [7, 11) is 5.23. The minimum atomic E-state index is -0.0231. The molecule has 0 aliphatic rings. The molecule has 1 aromatic rings. The molecular weight excluding hydrogens is 142 g/mol. The molecule has 4 heteroatoms. The molecule has 1 rings (SSSR count). The molecule has 0 aliphatic heterocycles. The van der Waals surface area contributed by atoms with Gasteiger partial charge in [-0.15, -0.1) is 0 Å². The summed E-state index contributed by atoms with van der Waals surface area (Å²) in [4.78, 5) is 16.7. The van der Waals surface area contributed by atoms with E-state index in [9.17, 15) is 4.79 Å². The van der Waals surface area contributed by atoms with E-state index >= 15 is 0 Å². The van der Waals surface area contributed by atoms with Crippen LogP contribution >= 0.6 is 0 Å². The van der Waals surface area contributed by atoms with Crippen LogP contribution in [0.15, 0.2) is 12.5 Å². The second kappa shape index (κ2) is 2.74. The van der Waals surface area contributed by atoms with Crippen molar-refractivity contribution in [3.8, 4) is 0 Å². The Balaban J connectivity index is 2.93. The smallest absolute Gasteiger partial charge is 0.271 e. The Morgan fingerprint density at radius 3 is 2.64 bits per heavy atom. The molecule has 0 aromatic carbocycles. The van der Waals surface area contributed by atoms with Gasteiger partial charge >= 0.3 is 0 Å². The van der Waals surface area contributed by atoms with Gasteiger partial charge < -0.3 is 9.47 Å². The SMILES string of the molecule is CN(C)C(=O)c1cncn1C. The van der Waals surface area contributed by atoms with Crippen molar-refractivity contribution < 1.29 is 4.79 Å². The van der Waals surface area contributed by atoms with E-state index in [1.165, 1.54) is 4.90 Å². The number of carbonyl (C=O) groups excluding carboxylic acids is 1. The quantitative estimate of drug-likeness (QED) is 0.574. The molecule has 4 nitrogen and oxygen atoms in total. The summed E-state index contributed by atoms with van der Waals surface area (Å²) in [5, 5.41) is 0. The molecule has 0 spiro atoms. The minimum Gasteiger partial charge on any atom is -0.343 e. The molecule has 60 valence electrons. The van der Waals surface area contributed by atoms with Crippen LogP contribution in [0.5, 0.6) is 0 Å². The monoisotopic (exact) mass is 153 g/mol. The summed E-state index contributed by atoms with van der Waals surface area (Å²) in [5.41, 5.74) is 0.606. The van der Waals surface area contributed by atoms with E-state index in [1.807, 2.05) is 0 Å². The molecule has 11 heavy (non-hydrogen) atoms. The van der Waals surface area contributed by atoms with Crippen LogP contribution in [0, 0.1) is 0 Å². The number of rotatable bonds is 1. The first kappa shape index (κ1) is 7.78. The number of aryl methyl sites for hydroxylation is 1. The van der Waals surface area contributed by atoms with Gasteiger partial charge in [0.1, 0.15) is 5.69 Å². The van der Waals surface area contributed by atoms with E-state index in [-0.39, 0.29) is 5.91 Å². The van der Waals surface area contributed by atoms with Crippen molar-refractivity contribution in [1.82, 2.24) is 14.5 Å². The van der Waals surface area contributed by atoms with Crippen LogP contribution in [-0.2, 0) is 7.05 Å². The molecule has 0 saturated heterocycles. The fourth-order valence-electron chi connectivity index (χ4n) is 0.792. The van der Waals surface area contributed by atoms with E-state index in [0.717, 1.165) is 0 Å². The molecule has 0 atom stereocenters. The second-order valence-electron chi connectivity index (χ2n) is 2.59. The molecule has 0 saturated carbocycles. The average Bonchev–Trinajstić information content (AvgIpc) is 2.33. The number of carbonyl (C=O) groups is 1. The number of imidazole rings is 1. The Labute approximate surface area is 65.5 Å². The normalized spacial score (nSPS) is 9.73. The predicted octanol–water partition coefficient (Wildman–Crippen LogP) is 0.122. The first-order valence-corrected chi connectivity index (χ1v) is 3.31. The molecule has 0 radical (unpaired) electrons. The van der Waals surface area contributed by atoms with Crippen molar-refractivity contribution in [2.75, 3.05) is 14.1 Å². The molecule has 0 N–H and O–H groups in total. The van der Waals surface area contributed by atoms with Gasteiger partial charge in [0.25, 0.3) is 5.91 Å². The summed E-state index contributed by atoms with van der Waals surface area (Å²) in [6.45, 7) is 0. The highest BCUT2D eigenvalue weighted by Gasteiger charge is 2.10. The first-order valence-electron chi connectivity index (χ1n) is 3.31. The first-order chi connectivity index (χ1) is 5.13. The Kier molecular flexibility index (Phi) is 1.94. The predicted molar refractivity (Wildman–Crippen MR) is 41.2 cm³/mol. The molecule has 0 unspecified atom stereocenters. The van der Waals surface area contributed by atoms with Crippen molar-refractivity contribution in [2.45, 2.75) is 0 Å². The summed E-state index contributed by atoms with van der Waals surface area (Å²) in [5.74, 6) is -0.0231. The number of aromatic nitrogens is 2. The zero-order valence-corrected chi connectivity index (χ0v) is 6.90. The minimum absolute atomic E-state index is 0.0231. The van der Waals surface area contributed by atoms with Gasteiger partial charge in [0.15, 0.2) is 0 Å². The Bertz CT molecular complexity index is 264. The van der Waals surface area contributed by atoms with E-state index in [1.54, 1.807) is 38.2 Å². The summed E-state index contributed by atoms with van der Waals surface area (Å²) in [6.07, 6.45) is 3.17. The molecule has 1 amide bonds. The molecule has 1 heterocycles. The Hall–Kier alpha value is -1.32. The van der Waals surface area contributed by atoms with Crippen molar-refractivity contribution in [2.24, 2.45) is 7.05 Å². The highest BCUT2D eigenvalue weighted by atomic mass is 16.2. The highest BCUT2D eigenvalue weighted by molar-refractivity contribution is 5.91. The van der Waals surface area contributed by atoms with Crippen LogP contribution in [0.25, 0.3) is 0 Å². The van der Waals surface area contributed by atoms with Crippen molar-refractivity contribution >= 4 is 5.91 Å². The molecule has 0 fully saturated rings. The Morgan fingerprint density at radius 2 is 2.27 bits per heavy atom. The van der Waals surface area contributed by atoms with Gasteiger partial charge in [-0.05, 0) is 0 Å². The third-order valence-corrected chi connectivity index (χ3v) is 1.44. The maximum Gasteiger partial charge on any atom is 0.271 e. The molecule has 1 aromatic heterocycles. The van der Waals surface area contributed by atoms with Crippen LogP contribution < -0.4 is 0 Å².